The molecule has 0 unspecified atom stereocenters. The van der Waals surface area contributed by atoms with Crippen LogP contribution in [0.25, 0.3) is 66.3 Å². The predicted octanol–water partition coefficient (Wildman–Crippen LogP) is 9.63. The highest BCUT2D eigenvalue weighted by Gasteiger charge is 2.39. The molecule has 0 atom stereocenters. The van der Waals surface area contributed by atoms with Crippen molar-refractivity contribution in [3.05, 3.63) is 120 Å². The van der Waals surface area contributed by atoms with Crippen LogP contribution in [0.15, 0.2) is 109 Å². The summed E-state index contributed by atoms with van der Waals surface area (Å²) in [6.45, 7) is 9.31. The molecule has 192 valence electrons. The van der Waals surface area contributed by atoms with Crippen LogP contribution in [0.4, 0.5) is 0 Å². The summed E-state index contributed by atoms with van der Waals surface area (Å²) in [5, 5.41) is 6.16. The van der Waals surface area contributed by atoms with Gasteiger partial charge in [-0.2, -0.15) is 0 Å². The van der Waals surface area contributed by atoms with E-state index in [1.807, 2.05) is 0 Å². The van der Waals surface area contributed by atoms with E-state index in [0.717, 1.165) is 27.7 Å². The lowest BCUT2D eigenvalue weighted by Crippen LogP contribution is -2.17. The summed E-state index contributed by atoms with van der Waals surface area (Å²) in [7, 11) is 0. The van der Waals surface area contributed by atoms with Gasteiger partial charge < -0.3 is 0 Å². The highest BCUT2D eigenvalue weighted by molar-refractivity contribution is 6.25. The molecule has 0 fully saturated rings. The zero-order valence-corrected chi connectivity index (χ0v) is 23.2. The summed E-state index contributed by atoms with van der Waals surface area (Å²) in [6.07, 6.45) is 0. The molecule has 0 spiro atoms. The Hall–Kier alpha value is -4.76. The molecule has 40 heavy (non-hydrogen) atoms. The van der Waals surface area contributed by atoms with E-state index in [0.29, 0.717) is 5.95 Å². The van der Waals surface area contributed by atoms with Crippen LogP contribution < -0.4 is 0 Å². The normalized spacial score (nSPS) is 14.6. The van der Waals surface area contributed by atoms with E-state index in [-0.39, 0.29) is 5.41 Å². The largest absolute Gasteiger partial charge is 0.278 e. The first-order chi connectivity index (χ1) is 19.5. The maximum atomic E-state index is 5.34. The number of nitrogens with zero attached hydrogens (tertiary/aromatic N) is 3. The summed E-state index contributed by atoms with van der Waals surface area (Å²) in [5.41, 5.74) is 10.7. The summed E-state index contributed by atoms with van der Waals surface area (Å²) >= 11 is 0. The first kappa shape index (κ1) is 23.2. The highest BCUT2D eigenvalue weighted by atomic mass is 15.2. The third kappa shape index (κ3) is 2.95. The lowest BCUT2D eigenvalue weighted by molar-refractivity contribution is 0.642. The average Bonchev–Trinajstić information content (AvgIpc) is 3.42. The zero-order chi connectivity index (χ0) is 27.2. The third-order valence-electron chi connectivity index (χ3n) is 9.17. The Bertz CT molecular complexity index is 2200. The maximum absolute atomic E-state index is 5.34. The van der Waals surface area contributed by atoms with Crippen molar-refractivity contribution in [1.29, 1.82) is 0 Å². The van der Waals surface area contributed by atoms with Crippen LogP contribution in [0.1, 0.15) is 38.8 Å². The molecule has 0 N–H and O–H groups in total. The van der Waals surface area contributed by atoms with Gasteiger partial charge in [-0.1, -0.05) is 110 Å². The zero-order valence-electron chi connectivity index (χ0n) is 23.2. The fraction of sp³-hybridized carbons (Fsp3) is 0.135. The second-order valence-electron chi connectivity index (χ2n) is 11.5. The van der Waals surface area contributed by atoms with Gasteiger partial charge in [0.1, 0.15) is 0 Å². The van der Waals surface area contributed by atoms with Crippen molar-refractivity contribution >= 4 is 49.1 Å². The molecule has 1 aliphatic carbocycles. The fourth-order valence-corrected chi connectivity index (χ4v) is 6.95. The Morgan fingerprint density at radius 2 is 1.25 bits per heavy atom. The van der Waals surface area contributed by atoms with E-state index in [1.54, 1.807) is 0 Å². The van der Waals surface area contributed by atoms with Crippen LogP contribution in [0.3, 0.4) is 0 Å². The van der Waals surface area contributed by atoms with Crippen LogP contribution in [0.2, 0.25) is 0 Å². The van der Waals surface area contributed by atoms with Gasteiger partial charge >= 0.3 is 0 Å². The number of hydrogen-bond acceptors (Lipinski definition) is 2. The molecule has 2 heterocycles. The topological polar surface area (TPSA) is 30.7 Å². The molecule has 0 bridgehead atoms. The van der Waals surface area contributed by atoms with E-state index in [2.05, 4.69) is 135 Å². The van der Waals surface area contributed by atoms with Gasteiger partial charge in [-0.25, -0.2) is 9.97 Å². The first-order valence-corrected chi connectivity index (χ1v) is 14.0. The van der Waals surface area contributed by atoms with E-state index in [4.69, 9.17) is 9.97 Å². The van der Waals surface area contributed by atoms with Crippen molar-refractivity contribution in [2.45, 2.75) is 33.1 Å². The van der Waals surface area contributed by atoms with Gasteiger partial charge in [-0.15, -0.1) is 0 Å². The van der Waals surface area contributed by atoms with E-state index in [1.165, 1.54) is 49.3 Å². The van der Waals surface area contributed by atoms with Crippen LogP contribution in [-0.2, 0) is 5.41 Å². The molecule has 5 aromatic carbocycles. The summed E-state index contributed by atoms with van der Waals surface area (Å²) in [6, 6.07) is 36.4. The minimum absolute atomic E-state index is 0.132. The number of para-hydroxylation sites is 2. The van der Waals surface area contributed by atoms with Gasteiger partial charge in [0.05, 0.1) is 22.2 Å². The molecule has 8 rings (SSSR count). The molecule has 0 aliphatic heterocycles. The van der Waals surface area contributed by atoms with Crippen LogP contribution in [0, 0.1) is 0 Å². The Labute approximate surface area is 233 Å². The van der Waals surface area contributed by atoms with Gasteiger partial charge in [0.15, 0.2) is 0 Å². The second kappa shape index (κ2) is 8.12. The minimum atomic E-state index is -0.132. The molecule has 3 nitrogen and oxygen atoms in total. The van der Waals surface area contributed by atoms with Crippen molar-refractivity contribution < 1.29 is 0 Å². The lowest BCUT2D eigenvalue weighted by atomic mass is 9.80. The number of benzene rings is 5. The Kier molecular flexibility index (Phi) is 4.70. The number of allylic oxidation sites excluding steroid dienone is 2. The summed E-state index contributed by atoms with van der Waals surface area (Å²) in [5.74, 6) is 0.708. The lowest BCUT2D eigenvalue weighted by Gasteiger charge is -2.25. The second-order valence-corrected chi connectivity index (χ2v) is 11.5. The number of rotatable bonds is 2. The minimum Gasteiger partial charge on any atom is -0.278 e. The van der Waals surface area contributed by atoms with Crippen LogP contribution >= 0.6 is 0 Å². The van der Waals surface area contributed by atoms with Crippen molar-refractivity contribution in [3.8, 4) is 17.2 Å². The summed E-state index contributed by atoms with van der Waals surface area (Å²) < 4.78 is 2.34. The molecule has 3 heteroatoms. The van der Waals surface area contributed by atoms with Crippen LogP contribution in [-0.4, -0.2) is 14.5 Å². The Balaban J connectivity index is 1.62. The van der Waals surface area contributed by atoms with Gasteiger partial charge in [-0.3, -0.25) is 4.57 Å². The molecule has 0 saturated heterocycles. The fourth-order valence-electron chi connectivity index (χ4n) is 6.95. The molecule has 7 aromatic rings. The third-order valence-corrected chi connectivity index (χ3v) is 9.17. The van der Waals surface area contributed by atoms with Gasteiger partial charge in [0.2, 0.25) is 5.95 Å². The monoisotopic (exact) mass is 515 g/mol. The van der Waals surface area contributed by atoms with E-state index in [9.17, 15) is 0 Å². The first-order valence-electron chi connectivity index (χ1n) is 14.0. The molecular formula is C37H29N3. The number of hydrogen-bond donors (Lipinski definition) is 0. The predicted molar refractivity (Wildman–Crippen MR) is 168 cm³/mol. The molecule has 0 saturated carbocycles. The highest BCUT2D eigenvalue weighted by Crippen LogP contribution is 2.54. The van der Waals surface area contributed by atoms with Gasteiger partial charge in [0, 0.05) is 27.1 Å². The van der Waals surface area contributed by atoms with E-state index >= 15 is 0 Å². The van der Waals surface area contributed by atoms with Crippen molar-refractivity contribution in [2.24, 2.45) is 0 Å². The van der Waals surface area contributed by atoms with Crippen LogP contribution in [0.5, 0.6) is 0 Å². The Morgan fingerprint density at radius 1 is 0.625 bits per heavy atom. The SMILES string of the molecule is CC1=C(C)C(C)(C)c2c1c1ccccc1c1c3ccccc3n(-c3nc(-c4ccccc4)c4ccccc4n3)c21. The standard InChI is InChI=1S/C37H29N3/c1-22-23(2)37(3,4)33-31(22)25-16-8-9-17-26(25)32-28-19-11-13-21-30(28)40(35(32)33)36-38-29-20-12-10-18-27(29)34(39-36)24-14-6-5-7-15-24/h5-21H,1-4H3. The molecule has 0 amide bonds. The quantitative estimate of drug-likeness (QED) is 0.229. The smallest absolute Gasteiger partial charge is 0.235 e. The van der Waals surface area contributed by atoms with Crippen molar-refractivity contribution in [2.75, 3.05) is 0 Å². The molecule has 0 radical (unpaired) electrons. The number of aromatic nitrogens is 3. The van der Waals surface area contributed by atoms with Gasteiger partial charge in [-0.05, 0) is 53.5 Å². The molecule has 2 aromatic heterocycles. The Morgan fingerprint density at radius 3 is 2.02 bits per heavy atom. The molecule has 1 aliphatic rings. The van der Waals surface area contributed by atoms with Crippen molar-refractivity contribution in [3.63, 3.8) is 0 Å². The average molecular weight is 516 g/mol. The summed E-state index contributed by atoms with van der Waals surface area (Å²) in [4.78, 5) is 10.6. The van der Waals surface area contributed by atoms with E-state index < -0.39 is 0 Å². The van der Waals surface area contributed by atoms with Crippen molar-refractivity contribution in [1.82, 2.24) is 14.5 Å². The van der Waals surface area contributed by atoms with Gasteiger partial charge in [0.25, 0.3) is 0 Å². The number of fused-ring (bicyclic) bond motifs is 9. The maximum Gasteiger partial charge on any atom is 0.235 e. The molecular weight excluding hydrogens is 486 g/mol.